The summed E-state index contributed by atoms with van der Waals surface area (Å²) in [6.45, 7) is 12.2. The van der Waals surface area contributed by atoms with Crippen LogP contribution in [0.2, 0.25) is 0 Å². The molecule has 0 saturated heterocycles. The highest BCUT2D eigenvalue weighted by molar-refractivity contribution is 5.87. The summed E-state index contributed by atoms with van der Waals surface area (Å²) in [6.07, 6.45) is 0. The van der Waals surface area contributed by atoms with E-state index in [9.17, 15) is 4.79 Å². The topological polar surface area (TPSA) is 17.1 Å². The van der Waals surface area contributed by atoms with Crippen molar-refractivity contribution in [2.75, 3.05) is 0 Å². The van der Waals surface area contributed by atoms with E-state index in [-0.39, 0.29) is 11.2 Å². The van der Waals surface area contributed by atoms with Gasteiger partial charge in [-0.3, -0.25) is 4.79 Å². The minimum Gasteiger partial charge on any atom is -0.299 e. The van der Waals surface area contributed by atoms with Crippen LogP contribution in [0.25, 0.3) is 0 Å². The second-order valence-electron chi connectivity index (χ2n) is 5.98. The van der Waals surface area contributed by atoms with E-state index in [2.05, 4.69) is 32.9 Å². The van der Waals surface area contributed by atoms with Crippen LogP contribution < -0.4 is 0 Å². The molecule has 0 spiro atoms. The van der Waals surface area contributed by atoms with Gasteiger partial charge in [0.15, 0.2) is 0 Å². The smallest absolute Gasteiger partial charge is 0.139 e. The van der Waals surface area contributed by atoms with Crippen LogP contribution in [-0.2, 0) is 15.6 Å². The molecule has 1 heteroatoms. The van der Waals surface area contributed by atoms with Gasteiger partial charge in [-0.1, -0.05) is 45.0 Å². The van der Waals surface area contributed by atoms with Gasteiger partial charge in [-0.15, -0.1) is 0 Å². The SMILES string of the molecule is CC(=O)C(C)(C)c1ccccc1C(C)(C)C. The van der Waals surface area contributed by atoms with Gasteiger partial charge in [0, 0.05) is 5.41 Å². The van der Waals surface area contributed by atoms with Crippen molar-refractivity contribution in [1.82, 2.24) is 0 Å². The predicted octanol–water partition coefficient (Wildman–Crippen LogP) is 3.85. The second-order valence-corrected chi connectivity index (χ2v) is 5.98. The lowest BCUT2D eigenvalue weighted by Gasteiger charge is -2.30. The quantitative estimate of drug-likeness (QED) is 0.737. The molecule has 1 aromatic rings. The maximum Gasteiger partial charge on any atom is 0.139 e. The maximum atomic E-state index is 11.7. The number of benzene rings is 1. The van der Waals surface area contributed by atoms with E-state index in [0.29, 0.717) is 0 Å². The maximum absolute atomic E-state index is 11.7. The highest BCUT2D eigenvalue weighted by Gasteiger charge is 2.31. The number of carbonyl (C=O) groups excluding carboxylic acids is 1. The zero-order valence-electron chi connectivity index (χ0n) is 11.2. The van der Waals surface area contributed by atoms with Crippen molar-refractivity contribution in [3.05, 3.63) is 35.4 Å². The fraction of sp³-hybridized carbons (Fsp3) is 0.533. The first-order valence-corrected chi connectivity index (χ1v) is 5.78. The van der Waals surface area contributed by atoms with Crippen LogP contribution in [0.3, 0.4) is 0 Å². The van der Waals surface area contributed by atoms with Crippen molar-refractivity contribution in [3.8, 4) is 0 Å². The van der Waals surface area contributed by atoms with Crippen molar-refractivity contribution >= 4 is 5.78 Å². The molecule has 0 atom stereocenters. The normalized spacial score (nSPS) is 12.6. The summed E-state index contributed by atoms with van der Waals surface area (Å²) in [5.74, 6) is 0.212. The molecule has 0 aliphatic heterocycles. The summed E-state index contributed by atoms with van der Waals surface area (Å²) in [5.41, 5.74) is 2.08. The largest absolute Gasteiger partial charge is 0.299 e. The number of carbonyl (C=O) groups is 1. The van der Waals surface area contributed by atoms with Gasteiger partial charge in [-0.2, -0.15) is 0 Å². The Morgan fingerprint density at radius 3 is 1.75 bits per heavy atom. The molecule has 1 nitrogen and oxygen atoms in total. The summed E-state index contributed by atoms with van der Waals surface area (Å²) >= 11 is 0. The summed E-state index contributed by atoms with van der Waals surface area (Å²) in [4.78, 5) is 11.7. The molecule has 0 aromatic heterocycles. The van der Waals surface area contributed by atoms with Crippen LogP contribution in [0.15, 0.2) is 24.3 Å². The van der Waals surface area contributed by atoms with Crippen molar-refractivity contribution in [1.29, 1.82) is 0 Å². The lowest BCUT2D eigenvalue weighted by atomic mass is 9.73. The van der Waals surface area contributed by atoms with E-state index in [4.69, 9.17) is 0 Å². The third kappa shape index (κ3) is 2.34. The standard InChI is InChI=1S/C15H22O/c1-11(16)15(5,6)13-10-8-7-9-12(13)14(2,3)4/h7-10H,1-6H3. The first-order valence-electron chi connectivity index (χ1n) is 5.78. The van der Waals surface area contributed by atoms with Crippen LogP contribution in [0.5, 0.6) is 0 Å². The Balaban J connectivity index is 3.41. The Morgan fingerprint density at radius 2 is 1.38 bits per heavy atom. The van der Waals surface area contributed by atoms with Gasteiger partial charge < -0.3 is 0 Å². The molecule has 0 heterocycles. The van der Waals surface area contributed by atoms with E-state index in [1.54, 1.807) is 6.92 Å². The third-order valence-electron chi connectivity index (χ3n) is 3.29. The minimum absolute atomic E-state index is 0.0727. The van der Waals surface area contributed by atoms with E-state index in [1.807, 2.05) is 26.0 Å². The zero-order valence-corrected chi connectivity index (χ0v) is 11.2. The second kappa shape index (κ2) is 4.04. The Bertz CT molecular complexity index is 394. The molecule has 16 heavy (non-hydrogen) atoms. The Labute approximate surface area is 98.9 Å². The zero-order chi connectivity index (χ0) is 12.6. The molecule has 0 fully saturated rings. The monoisotopic (exact) mass is 218 g/mol. The van der Waals surface area contributed by atoms with Crippen LogP contribution in [0, 0.1) is 0 Å². The van der Waals surface area contributed by atoms with E-state index >= 15 is 0 Å². The first kappa shape index (κ1) is 13.0. The summed E-state index contributed by atoms with van der Waals surface area (Å²) in [7, 11) is 0. The molecule has 88 valence electrons. The highest BCUT2D eigenvalue weighted by Crippen LogP contribution is 2.34. The molecule has 1 rings (SSSR count). The van der Waals surface area contributed by atoms with Gasteiger partial charge >= 0.3 is 0 Å². The van der Waals surface area contributed by atoms with Gasteiger partial charge in [0.05, 0.1) is 0 Å². The van der Waals surface area contributed by atoms with E-state index < -0.39 is 5.41 Å². The van der Waals surface area contributed by atoms with Crippen LogP contribution in [0.4, 0.5) is 0 Å². The average Bonchev–Trinajstić information content (AvgIpc) is 2.16. The van der Waals surface area contributed by atoms with Crippen LogP contribution >= 0.6 is 0 Å². The van der Waals surface area contributed by atoms with E-state index in [0.717, 1.165) is 5.56 Å². The van der Waals surface area contributed by atoms with Gasteiger partial charge in [0.25, 0.3) is 0 Å². The van der Waals surface area contributed by atoms with Gasteiger partial charge in [-0.05, 0) is 37.3 Å². The number of hydrogen-bond donors (Lipinski definition) is 0. The fourth-order valence-corrected chi connectivity index (χ4v) is 1.87. The Morgan fingerprint density at radius 1 is 0.938 bits per heavy atom. The number of ketones is 1. The number of hydrogen-bond acceptors (Lipinski definition) is 1. The van der Waals surface area contributed by atoms with Crippen LogP contribution in [-0.4, -0.2) is 5.78 Å². The molecule has 0 bridgehead atoms. The van der Waals surface area contributed by atoms with E-state index in [1.165, 1.54) is 5.56 Å². The summed E-state index contributed by atoms with van der Waals surface area (Å²) in [6, 6.07) is 8.25. The molecule has 0 N–H and O–H groups in total. The first-order chi connectivity index (χ1) is 7.17. The molecule has 0 aliphatic carbocycles. The van der Waals surface area contributed by atoms with Gasteiger partial charge in [0.2, 0.25) is 0 Å². The van der Waals surface area contributed by atoms with Gasteiger partial charge in [-0.25, -0.2) is 0 Å². The minimum atomic E-state index is -0.399. The molecule has 0 unspecified atom stereocenters. The molecule has 0 aliphatic rings. The average molecular weight is 218 g/mol. The molecular weight excluding hydrogens is 196 g/mol. The summed E-state index contributed by atoms with van der Waals surface area (Å²) < 4.78 is 0. The number of rotatable bonds is 2. The molecule has 0 radical (unpaired) electrons. The lowest BCUT2D eigenvalue weighted by Crippen LogP contribution is -2.30. The van der Waals surface area contributed by atoms with Crippen molar-refractivity contribution in [2.24, 2.45) is 0 Å². The molecule has 0 amide bonds. The van der Waals surface area contributed by atoms with Crippen molar-refractivity contribution < 1.29 is 4.79 Å². The fourth-order valence-electron chi connectivity index (χ4n) is 1.87. The van der Waals surface area contributed by atoms with Crippen LogP contribution in [0.1, 0.15) is 52.7 Å². The lowest BCUT2D eigenvalue weighted by molar-refractivity contribution is -0.121. The molecule has 0 saturated carbocycles. The Kier molecular flexibility index (Phi) is 3.27. The van der Waals surface area contributed by atoms with Crippen molar-refractivity contribution in [3.63, 3.8) is 0 Å². The van der Waals surface area contributed by atoms with Crippen molar-refractivity contribution in [2.45, 2.75) is 52.4 Å². The predicted molar refractivity (Wildman–Crippen MR) is 68.8 cm³/mol. The third-order valence-corrected chi connectivity index (χ3v) is 3.29. The highest BCUT2D eigenvalue weighted by atomic mass is 16.1. The Hall–Kier alpha value is -1.11. The molecular formula is C15H22O. The number of Topliss-reactive ketones (excluding diaryl/α,β-unsaturated/α-hetero) is 1. The van der Waals surface area contributed by atoms with Gasteiger partial charge in [0.1, 0.15) is 5.78 Å². The summed E-state index contributed by atoms with van der Waals surface area (Å²) in [5, 5.41) is 0. The molecule has 1 aromatic carbocycles.